The highest BCUT2D eigenvalue weighted by Crippen LogP contribution is 2.35. The molecule has 2 N–H and O–H groups in total. The Morgan fingerprint density at radius 3 is 2.93 bits per heavy atom. The number of aromatic nitrogens is 3. The Hall–Kier alpha value is -3.18. The van der Waals surface area contributed by atoms with Crippen LogP contribution in [0.15, 0.2) is 35.3 Å². The van der Waals surface area contributed by atoms with Crippen LogP contribution in [-0.2, 0) is 4.79 Å². The molecule has 1 fully saturated rings. The number of carbonyl (C=O) groups is 1. The second-order valence-corrected chi connectivity index (χ2v) is 7.11. The van der Waals surface area contributed by atoms with Gasteiger partial charge in [0.2, 0.25) is 0 Å². The first-order valence-corrected chi connectivity index (χ1v) is 9.09. The van der Waals surface area contributed by atoms with E-state index in [-0.39, 0.29) is 34.6 Å². The second-order valence-electron chi connectivity index (χ2n) is 6.70. The van der Waals surface area contributed by atoms with Crippen LogP contribution in [0, 0.1) is 23.1 Å². The van der Waals surface area contributed by atoms with Crippen LogP contribution in [0.3, 0.4) is 0 Å². The lowest BCUT2D eigenvalue weighted by Crippen LogP contribution is -2.27. The molecule has 2 atom stereocenters. The summed E-state index contributed by atoms with van der Waals surface area (Å²) in [5, 5.41) is 17.2. The number of nitrogens with zero attached hydrogens (tertiary/aromatic N) is 3. The number of nitrogens with one attached hydrogen (secondary N) is 2. The largest absolute Gasteiger partial charge is 0.338 e. The highest BCUT2D eigenvalue weighted by atomic mass is 35.5. The van der Waals surface area contributed by atoms with Crippen molar-refractivity contribution in [3.8, 4) is 6.07 Å². The highest BCUT2D eigenvalue weighted by molar-refractivity contribution is 6.30. The van der Waals surface area contributed by atoms with Crippen molar-refractivity contribution < 1.29 is 9.18 Å². The van der Waals surface area contributed by atoms with Crippen molar-refractivity contribution in [2.24, 2.45) is 5.92 Å². The van der Waals surface area contributed by atoms with Crippen LogP contribution in [-0.4, -0.2) is 20.5 Å². The number of halogens is 2. The molecule has 1 aliphatic rings. The van der Waals surface area contributed by atoms with E-state index < -0.39 is 11.7 Å². The smallest absolute Gasteiger partial charge is 0.261 e. The zero-order valence-corrected chi connectivity index (χ0v) is 15.3. The molecule has 28 heavy (non-hydrogen) atoms. The molecule has 2 heterocycles. The Kier molecular flexibility index (Phi) is 4.61. The number of pyridine rings is 1. The lowest BCUT2D eigenvalue weighted by atomic mass is 9.84. The van der Waals surface area contributed by atoms with E-state index in [0.717, 1.165) is 0 Å². The number of hydrogen-bond donors (Lipinski definition) is 2. The molecule has 9 heteroatoms. The number of anilines is 2. The molecule has 4 rings (SSSR count). The molecule has 2 unspecified atom stereocenters. The summed E-state index contributed by atoms with van der Waals surface area (Å²) in [7, 11) is 0. The summed E-state index contributed by atoms with van der Waals surface area (Å²) < 4.78 is 15.4. The molecule has 1 aliphatic carbocycles. The van der Waals surface area contributed by atoms with Crippen LogP contribution < -0.4 is 10.9 Å². The van der Waals surface area contributed by atoms with Gasteiger partial charge in [-0.05, 0) is 30.7 Å². The summed E-state index contributed by atoms with van der Waals surface area (Å²) in [6, 6.07) is 7.74. The number of Topliss-reactive ketones (excluding diaryl/α,β-unsaturated/α-hetero) is 1. The first-order valence-electron chi connectivity index (χ1n) is 8.71. The number of nitriles is 1. The van der Waals surface area contributed by atoms with E-state index in [1.807, 2.05) is 0 Å². The molecule has 0 aliphatic heterocycles. The van der Waals surface area contributed by atoms with Crippen molar-refractivity contribution >= 4 is 39.8 Å². The topological polar surface area (TPSA) is 104 Å². The van der Waals surface area contributed by atoms with Crippen molar-refractivity contribution in [1.29, 1.82) is 5.26 Å². The van der Waals surface area contributed by atoms with Gasteiger partial charge in [-0.25, -0.2) is 4.39 Å². The first kappa shape index (κ1) is 18.2. The summed E-state index contributed by atoms with van der Waals surface area (Å²) in [6.07, 6.45) is 2.50. The summed E-state index contributed by atoms with van der Waals surface area (Å²) >= 11 is 5.72. The number of carbonyl (C=O) groups excluding carboxylic acids is 1. The van der Waals surface area contributed by atoms with Crippen molar-refractivity contribution in [2.75, 3.05) is 5.32 Å². The van der Waals surface area contributed by atoms with Crippen molar-refractivity contribution in [3.63, 3.8) is 0 Å². The molecule has 2 aromatic heterocycles. The fraction of sp³-hybridized carbons (Fsp3) is 0.263. The van der Waals surface area contributed by atoms with Crippen LogP contribution in [0.5, 0.6) is 0 Å². The maximum Gasteiger partial charge on any atom is 0.261 e. The molecule has 0 amide bonds. The number of ketones is 1. The van der Waals surface area contributed by atoms with Gasteiger partial charge in [0.15, 0.2) is 5.82 Å². The minimum absolute atomic E-state index is 0.0116. The van der Waals surface area contributed by atoms with Gasteiger partial charge in [-0.2, -0.15) is 10.4 Å². The minimum Gasteiger partial charge on any atom is -0.338 e. The minimum atomic E-state index is -0.598. The summed E-state index contributed by atoms with van der Waals surface area (Å²) in [6.45, 7) is 0. The highest BCUT2D eigenvalue weighted by Gasteiger charge is 2.33. The van der Waals surface area contributed by atoms with E-state index in [2.05, 4.69) is 21.5 Å². The number of benzene rings is 1. The van der Waals surface area contributed by atoms with Crippen molar-refractivity contribution in [3.05, 3.63) is 51.7 Å². The van der Waals surface area contributed by atoms with Gasteiger partial charge in [0, 0.05) is 24.7 Å². The van der Waals surface area contributed by atoms with Crippen LogP contribution in [0.4, 0.5) is 15.9 Å². The van der Waals surface area contributed by atoms with Gasteiger partial charge < -0.3 is 10.3 Å². The summed E-state index contributed by atoms with van der Waals surface area (Å²) in [4.78, 5) is 26.8. The second kappa shape index (κ2) is 7.09. The Morgan fingerprint density at radius 2 is 2.18 bits per heavy atom. The average Bonchev–Trinajstić information content (AvgIpc) is 3.04. The zero-order valence-electron chi connectivity index (χ0n) is 14.6. The summed E-state index contributed by atoms with van der Waals surface area (Å²) in [5.41, 5.74) is 0.564. The standard InChI is InChI=1S/C19H15ClFN5O2/c20-13-3-1-11(8-14(13)21)24-18-17-16(5-6-23-19(17)28)26(25-18)15-4-2-12(27)7-10(15)9-22/h1,3,5-6,8,10,15H,2,4,7H2,(H,23,28)(H,24,25). The molecule has 1 saturated carbocycles. The van der Waals surface area contributed by atoms with Gasteiger partial charge in [-0.3, -0.25) is 14.3 Å². The SMILES string of the molecule is N#CC1CC(=O)CCC1n1nc(Nc2ccc(Cl)c(F)c2)c2c(=O)[nH]ccc21. The Balaban J connectivity index is 1.82. The van der Waals surface area contributed by atoms with E-state index >= 15 is 0 Å². The summed E-state index contributed by atoms with van der Waals surface area (Å²) in [5.74, 6) is -0.830. The fourth-order valence-corrected chi connectivity index (χ4v) is 3.69. The molecular formula is C19H15ClFN5O2. The molecular weight excluding hydrogens is 385 g/mol. The van der Waals surface area contributed by atoms with Crippen molar-refractivity contribution in [2.45, 2.75) is 25.3 Å². The molecule has 0 bridgehead atoms. The van der Waals surface area contributed by atoms with E-state index in [1.165, 1.54) is 18.3 Å². The van der Waals surface area contributed by atoms with Gasteiger partial charge in [0.1, 0.15) is 17.0 Å². The third kappa shape index (κ3) is 3.14. The molecule has 3 aromatic rings. The molecule has 0 saturated heterocycles. The Bertz CT molecular complexity index is 1180. The quantitative estimate of drug-likeness (QED) is 0.699. The predicted octanol–water partition coefficient (Wildman–Crippen LogP) is 3.69. The Morgan fingerprint density at radius 1 is 1.36 bits per heavy atom. The zero-order chi connectivity index (χ0) is 19.8. The maximum absolute atomic E-state index is 13.8. The normalized spacial score (nSPS) is 19.5. The number of H-pyrrole nitrogens is 1. The number of aromatic amines is 1. The van der Waals surface area contributed by atoms with E-state index in [9.17, 15) is 19.2 Å². The molecule has 1 aromatic carbocycles. The van der Waals surface area contributed by atoms with Gasteiger partial charge in [0.05, 0.1) is 28.6 Å². The first-order chi connectivity index (χ1) is 13.5. The van der Waals surface area contributed by atoms with Crippen LogP contribution >= 0.6 is 11.6 Å². The third-order valence-corrected chi connectivity index (χ3v) is 5.23. The molecule has 0 radical (unpaired) electrons. The van der Waals surface area contributed by atoms with E-state index in [0.29, 0.717) is 29.4 Å². The fourth-order valence-electron chi connectivity index (χ4n) is 3.57. The third-order valence-electron chi connectivity index (χ3n) is 4.92. The van der Waals surface area contributed by atoms with Gasteiger partial charge >= 0.3 is 0 Å². The maximum atomic E-state index is 13.8. The lowest BCUT2D eigenvalue weighted by Gasteiger charge is -2.26. The predicted molar refractivity (Wildman–Crippen MR) is 102 cm³/mol. The van der Waals surface area contributed by atoms with Crippen molar-refractivity contribution in [1.82, 2.24) is 14.8 Å². The number of rotatable bonds is 3. The molecule has 0 spiro atoms. The average molecular weight is 400 g/mol. The number of fused-ring (bicyclic) bond motifs is 1. The van der Waals surface area contributed by atoms with Gasteiger partial charge in [-0.1, -0.05) is 11.6 Å². The van der Waals surface area contributed by atoms with Crippen LogP contribution in [0.1, 0.15) is 25.3 Å². The lowest BCUT2D eigenvalue weighted by molar-refractivity contribution is -0.121. The van der Waals surface area contributed by atoms with E-state index in [1.54, 1.807) is 16.8 Å². The molecule has 7 nitrogen and oxygen atoms in total. The van der Waals surface area contributed by atoms with Crippen LogP contribution in [0.25, 0.3) is 10.9 Å². The Labute approximate surface area is 163 Å². The van der Waals surface area contributed by atoms with Crippen LogP contribution in [0.2, 0.25) is 5.02 Å². The molecule has 142 valence electrons. The number of hydrogen-bond acceptors (Lipinski definition) is 5. The van der Waals surface area contributed by atoms with Gasteiger partial charge in [-0.15, -0.1) is 0 Å². The van der Waals surface area contributed by atoms with E-state index in [4.69, 9.17) is 11.6 Å². The monoisotopic (exact) mass is 399 g/mol. The van der Waals surface area contributed by atoms with Gasteiger partial charge in [0.25, 0.3) is 5.56 Å².